The largest absolute Gasteiger partial charge is 0.339 e. The third-order valence-electron chi connectivity index (χ3n) is 5.75. The number of hydrogen-bond acceptors (Lipinski definition) is 4. The van der Waals surface area contributed by atoms with Gasteiger partial charge in [0.15, 0.2) is 0 Å². The van der Waals surface area contributed by atoms with E-state index in [1.165, 1.54) is 18.2 Å². The number of anilines is 1. The molecular formula is C26H21Cl2N3O4. The van der Waals surface area contributed by atoms with E-state index in [0.717, 1.165) is 16.0 Å². The summed E-state index contributed by atoms with van der Waals surface area (Å²) in [5, 5.41) is 6.03. The van der Waals surface area contributed by atoms with Gasteiger partial charge in [-0.05, 0) is 49.2 Å². The number of para-hydroxylation sites is 1. The predicted molar refractivity (Wildman–Crippen MR) is 134 cm³/mol. The zero-order valence-corrected chi connectivity index (χ0v) is 20.4. The third kappa shape index (κ3) is 4.92. The van der Waals surface area contributed by atoms with Crippen LogP contribution in [0.2, 0.25) is 10.0 Å². The van der Waals surface area contributed by atoms with Crippen LogP contribution in [0.3, 0.4) is 0 Å². The van der Waals surface area contributed by atoms with Gasteiger partial charge in [-0.3, -0.25) is 24.1 Å². The predicted octanol–water partition coefficient (Wildman–Crippen LogP) is 4.70. The first-order valence-corrected chi connectivity index (χ1v) is 11.5. The molecule has 0 saturated carbocycles. The van der Waals surface area contributed by atoms with E-state index in [1.807, 2.05) is 32.0 Å². The Labute approximate surface area is 212 Å². The smallest absolute Gasteiger partial charge is 0.262 e. The lowest BCUT2D eigenvalue weighted by Crippen LogP contribution is -2.44. The molecule has 0 saturated heterocycles. The number of rotatable bonds is 6. The Morgan fingerprint density at radius 1 is 0.886 bits per heavy atom. The van der Waals surface area contributed by atoms with E-state index in [-0.39, 0.29) is 16.1 Å². The Balaban J connectivity index is 1.59. The second-order valence-corrected chi connectivity index (χ2v) is 9.01. The minimum atomic E-state index is -1.21. The SMILES string of the molecule is Cc1cccc(C)c1NC(=O)[C@@H](NC(=O)CN1C(=O)c2ccccc2C1=O)c1ccc(Cl)cc1Cl. The number of carbonyl (C=O) groups excluding carboxylic acids is 4. The van der Waals surface area contributed by atoms with Crippen LogP contribution in [0, 0.1) is 13.8 Å². The summed E-state index contributed by atoms with van der Waals surface area (Å²) in [6, 6.07) is 15.3. The Hall–Kier alpha value is -3.68. The second kappa shape index (κ2) is 9.90. The monoisotopic (exact) mass is 509 g/mol. The second-order valence-electron chi connectivity index (χ2n) is 8.16. The first kappa shape index (κ1) is 24.4. The lowest BCUT2D eigenvalue weighted by atomic mass is 10.0. The number of nitrogens with one attached hydrogen (secondary N) is 2. The van der Waals surface area contributed by atoms with E-state index in [4.69, 9.17) is 23.2 Å². The molecule has 1 heterocycles. The number of amides is 4. The van der Waals surface area contributed by atoms with Gasteiger partial charge < -0.3 is 10.6 Å². The van der Waals surface area contributed by atoms with E-state index in [2.05, 4.69) is 10.6 Å². The van der Waals surface area contributed by atoms with Crippen molar-refractivity contribution < 1.29 is 19.2 Å². The molecule has 178 valence electrons. The van der Waals surface area contributed by atoms with Crippen molar-refractivity contribution in [2.24, 2.45) is 0 Å². The Kier molecular flexibility index (Phi) is 6.91. The van der Waals surface area contributed by atoms with E-state index in [1.54, 1.807) is 24.3 Å². The molecule has 0 fully saturated rings. The van der Waals surface area contributed by atoms with Crippen LogP contribution in [0.15, 0.2) is 60.7 Å². The maximum atomic E-state index is 13.4. The fourth-order valence-corrected chi connectivity index (χ4v) is 4.48. The summed E-state index contributed by atoms with van der Waals surface area (Å²) in [4.78, 5) is 52.5. The number of halogens is 2. The first-order valence-electron chi connectivity index (χ1n) is 10.7. The summed E-state index contributed by atoms with van der Waals surface area (Å²) < 4.78 is 0. The summed E-state index contributed by atoms with van der Waals surface area (Å²) in [6.07, 6.45) is 0. The number of imide groups is 1. The number of benzene rings is 3. The molecule has 0 aromatic heterocycles. The molecule has 3 aromatic carbocycles. The van der Waals surface area contributed by atoms with Crippen molar-refractivity contribution in [3.63, 3.8) is 0 Å². The van der Waals surface area contributed by atoms with Gasteiger partial charge in [0.05, 0.1) is 11.1 Å². The van der Waals surface area contributed by atoms with Gasteiger partial charge in [-0.25, -0.2) is 0 Å². The summed E-state index contributed by atoms with van der Waals surface area (Å²) in [7, 11) is 0. The van der Waals surface area contributed by atoms with Crippen molar-refractivity contribution in [2.75, 3.05) is 11.9 Å². The van der Waals surface area contributed by atoms with Crippen LogP contribution >= 0.6 is 23.2 Å². The minimum Gasteiger partial charge on any atom is -0.339 e. The minimum absolute atomic E-state index is 0.181. The quantitative estimate of drug-likeness (QED) is 0.470. The molecule has 7 nitrogen and oxygen atoms in total. The molecular weight excluding hydrogens is 489 g/mol. The van der Waals surface area contributed by atoms with Crippen molar-refractivity contribution in [3.05, 3.63) is 98.5 Å². The van der Waals surface area contributed by atoms with Crippen molar-refractivity contribution >= 4 is 52.5 Å². The topological polar surface area (TPSA) is 95.6 Å². The van der Waals surface area contributed by atoms with Crippen LogP contribution in [0.5, 0.6) is 0 Å². The van der Waals surface area contributed by atoms with Crippen LogP contribution in [0.25, 0.3) is 0 Å². The molecule has 1 aliphatic heterocycles. The van der Waals surface area contributed by atoms with Crippen LogP contribution in [0.1, 0.15) is 43.4 Å². The lowest BCUT2D eigenvalue weighted by molar-refractivity contribution is -0.126. The summed E-state index contributed by atoms with van der Waals surface area (Å²) in [6.45, 7) is 3.16. The number of fused-ring (bicyclic) bond motifs is 1. The normalized spacial score (nSPS) is 13.4. The van der Waals surface area contributed by atoms with E-state index >= 15 is 0 Å². The number of hydrogen-bond donors (Lipinski definition) is 2. The summed E-state index contributed by atoms with van der Waals surface area (Å²) in [5.74, 6) is -2.38. The Morgan fingerprint density at radius 3 is 2.06 bits per heavy atom. The van der Waals surface area contributed by atoms with Crippen LogP contribution < -0.4 is 10.6 Å². The molecule has 0 spiro atoms. The fraction of sp³-hybridized carbons (Fsp3) is 0.154. The fourth-order valence-electron chi connectivity index (χ4n) is 3.96. The summed E-state index contributed by atoms with van der Waals surface area (Å²) >= 11 is 12.4. The van der Waals surface area contributed by atoms with E-state index in [0.29, 0.717) is 16.3 Å². The van der Waals surface area contributed by atoms with Gasteiger partial charge in [-0.1, -0.05) is 59.6 Å². The zero-order valence-electron chi connectivity index (χ0n) is 18.9. The van der Waals surface area contributed by atoms with Gasteiger partial charge in [0.1, 0.15) is 12.6 Å². The van der Waals surface area contributed by atoms with Crippen molar-refractivity contribution in [3.8, 4) is 0 Å². The average molecular weight is 510 g/mol. The molecule has 0 radical (unpaired) electrons. The average Bonchev–Trinajstić information content (AvgIpc) is 3.05. The molecule has 35 heavy (non-hydrogen) atoms. The van der Waals surface area contributed by atoms with Gasteiger partial charge in [-0.15, -0.1) is 0 Å². The molecule has 0 unspecified atom stereocenters. The van der Waals surface area contributed by atoms with Gasteiger partial charge in [0.25, 0.3) is 17.7 Å². The molecule has 3 aromatic rings. The Bertz CT molecular complexity index is 1320. The molecule has 1 aliphatic rings. The summed E-state index contributed by atoms with van der Waals surface area (Å²) in [5.41, 5.74) is 3.08. The molecule has 0 bridgehead atoms. The molecule has 4 amide bonds. The third-order valence-corrected chi connectivity index (χ3v) is 6.31. The highest BCUT2D eigenvalue weighted by Crippen LogP contribution is 2.29. The molecule has 4 rings (SSSR count). The molecule has 9 heteroatoms. The highest BCUT2D eigenvalue weighted by Gasteiger charge is 2.37. The van der Waals surface area contributed by atoms with Gasteiger partial charge in [-0.2, -0.15) is 0 Å². The number of carbonyl (C=O) groups is 4. The highest BCUT2D eigenvalue weighted by molar-refractivity contribution is 6.35. The van der Waals surface area contributed by atoms with Gasteiger partial charge in [0, 0.05) is 21.3 Å². The van der Waals surface area contributed by atoms with Crippen LogP contribution in [-0.4, -0.2) is 35.1 Å². The number of aryl methyl sites for hydroxylation is 2. The maximum absolute atomic E-state index is 13.4. The number of nitrogens with zero attached hydrogens (tertiary/aromatic N) is 1. The van der Waals surface area contributed by atoms with Crippen molar-refractivity contribution in [2.45, 2.75) is 19.9 Å². The van der Waals surface area contributed by atoms with Crippen LogP contribution in [-0.2, 0) is 9.59 Å². The van der Waals surface area contributed by atoms with E-state index in [9.17, 15) is 19.2 Å². The van der Waals surface area contributed by atoms with Crippen molar-refractivity contribution in [1.82, 2.24) is 10.2 Å². The van der Waals surface area contributed by atoms with E-state index < -0.39 is 36.2 Å². The molecule has 0 aliphatic carbocycles. The van der Waals surface area contributed by atoms with Crippen molar-refractivity contribution in [1.29, 1.82) is 0 Å². The maximum Gasteiger partial charge on any atom is 0.262 e. The molecule has 2 N–H and O–H groups in total. The zero-order chi connectivity index (χ0) is 25.3. The molecule has 1 atom stereocenters. The highest BCUT2D eigenvalue weighted by atomic mass is 35.5. The first-order chi connectivity index (χ1) is 16.7. The Morgan fingerprint density at radius 2 is 1.49 bits per heavy atom. The van der Waals surface area contributed by atoms with Gasteiger partial charge >= 0.3 is 0 Å². The van der Waals surface area contributed by atoms with Gasteiger partial charge in [0.2, 0.25) is 5.91 Å². The van der Waals surface area contributed by atoms with Crippen LogP contribution in [0.4, 0.5) is 5.69 Å². The standard InChI is InChI=1S/C26H21Cl2N3O4/c1-14-6-5-7-15(2)22(14)30-24(33)23(19-11-10-16(27)12-20(19)28)29-21(32)13-31-25(34)17-8-3-4-9-18(17)26(31)35/h3-12,23H,13H2,1-2H3,(H,29,32)(H,30,33)/t23-/m0/s1. The lowest BCUT2D eigenvalue weighted by Gasteiger charge is -2.22.